The van der Waals surface area contributed by atoms with Crippen LogP contribution in [0.5, 0.6) is 0 Å². The molecule has 2 aliphatic rings. The van der Waals surface area contributed by atoms with Crippen LogP contribution in [0.3, 0.4) is 0 Å². The van der Waals surface area contributed by atoms with E-state index in [-0.39, 0.29) is 0 Å². The van der Waals surface area contributed by atoms with Crippen LogP contribution >= 0.6 is 15.9 Å². The van der Waals surface area contributed by atoms with E-state index in [4.69, 9.17) is 0 Å². The van der Waals surface area contributed by atoms with E-state index in [0.29, 0.717) is 6.04 Å². The minimum Gasteiger partial charge on any atom is -0.369 e. The lowest BCUT2D eigenvalue weighted by atomic mass is 10.0. The van der Waals surface area contributed by atoms with Gasteiger partial charge in [0.2, 0.25) is 0 Å². The molecule has 1 unspecified atom stereocenters. The Morgan fingerprint density at radius 3 is 2.50 bits per heavy atom. The first-order valence-corrected chi connectivity index (χ1v) is 8.44. The Bertz CT molecular complexity index is 465. The van der Waals surface area contributed by atoms with Crippen molar-refractivity contribution >= 4 is 21.6 Å². The summed E-state index contributed by atoms with van der Waals surface area (Å²) in [6.45, 7) is 6.95. The van der Waals surface area contributed by atoms with E-state index < -0.39 is 0 Å². The first-order valence-electron chi connectivity index (χ1n) is 7.64. The standard InChI is InChI=1S/C16H24BrN3/c1-12(18-2)15-6-3-13(17)11-16(15)20-9-7-19(8-10-20)14-4-5-14/h3,6,11-12,14,18H,4-5,7-10H2,1-2H3. The molecule has 1 aromatic carbocycles. The molecule has 3 nitrogen and oxygen atoms in total. The average Bonchev–Trinajstić information content (AvgIpc) is 3.31. The van der Waals surface area contributed by atoms with Gasteiger partial charge in [-0.3, -0.25) is 4.90 Å². The molecule has 1 N–H and O–H groups in total. The Labute approximate surface area is 130 Å². The molecule has 1 saturated carbocycles. The molecule has 1 aliphatic heterocycles. The Morgan fingerprint density at radius 2 is 1.90 bits per heavy atom. The van der Waals surface area contributed by atoms with Gasteiger partial charge in [0.25, 0.3) is 0 Å². The molecule has 110 valence electrons. The monoisotopic (exact) mass is 337 g/mol. The second-order valence-corrected chi connectivity index (χ2v) is 6.88. The molecule has 1 atom stereocenters. The highest BCUT2D eigenvalue weighted by Gasteiger charge is 2.31. The summed E-state index contributed by atoms with van der Waals surface area (Å²) in [5.41, 5.74) is 2.78. The summed E-state index contributed by atoms with van der Waals surface area (Å²) < 4.78 is 1.17. The van der Waals surface area contributed by atoms with Crippen molar-refractivity contribution in [2.75, 3.05) is 38.1 Å². The molecule has 1 aliphatic carbocycles. The van der Waals surface area contributed by atoms with Crippen molar-refractivity contribution in [1.29, 1.82) is 0 Å². The Kier molecular flexibility index (Phi) is 4.34. The fourth-order valence-corrected chi connectivity index (χ4v) is 3.43. The largest absolute Gasteiger partial charge is 0.369 e. The Balaban J connectivity index is 1.76. The third-order valence-electron chi connectivity index (χ3n) is 4.61. The smallest absolute Gasteiger partial charge is 0.0426 e. The third-order valence-corrected chi connectivity index (χ3v) is 5.10. The van der Waals surface area contributed by atoms with Gasteiger partial charge in [0.05, 0.1) is 0 Å². The molecule has 0 radical (unpaired) electrons. The lowest BCUT2D eigenvalue weighted by Gasteiger charge is -2.37. The van der Waals surface area contributed by atoms with Crippen molar-refractivity contribution in [3.63, 3.8) is 0 Å². The summed E-state index contributed by atoms with van der Waals surface area (Å²) in [4.78, 5) is 5.21. The molecule has 0 spiro atoms. The van der Waals surface area contributed by atoms with E-state index in [0.717, 1.165) is 19.1 Å². The van der Waals surface area contributed by atoms with Crippen LogP contribution in [0.2, 0.25) is 0 Å². The SMILES string of the molecule is CNC(C)c1ccc(Br)cc1N1CCN(C2CC2)CC1. The minimum absolute atomic E-state index is 0.388. The summed E-state index contributed by atoms with van der Waals surface area (Å²) in [6, 6.07) is 7.95. The van der Waals surface area contributed by atoms with E-state index in [1.54, 1.807) is 0 Å². The van der Waals surface area contributed by atoms with Gasteiger partial charge in [-0.1, -0.05) is 22.0 Å². The van der Waals surface area contributed by atoms with Crippen molar-refractivity contribution in [2.24, 2.45) is 0 Å². The van der Waals surface area contributed by atoms with Gasteiger partial charge >= 0.3 is 0 Å². The van der Waals surface area contributed by atoms with Crippen LogP contribution in [0.25, 0.3) is 0 Å². The minimum atomic E-state index is 0.388. The van der Waals surface area contributed by atoms with Crippen molar-refractivity contribution < 1.29 is 0 Å². The summed E-state index contributed by atoms with van der Waals surface area (Å²) in [5, 5.41) is 3.36. The number of piperazine rings is 1. The van der Waals surface area contributed by atoms with Crippen LogP contribution in [-0.4, -0.2) is 44.2 Å². The Hall–Kier alpha value is -0.580. The second kappa shape index (κ2) is 6.04. The molecule has 3 rings (SSSR count). The van der Waals surface area contributed by atoms with Crippen molar-refractivity contribution in [3.8, 4) is 0 Å². The first-order chi connectivity index (χ1) is 9.69. The molecular weight excluding hydrogens is 314 g/mol. The quantitative estimate of drug-likeness (QED) is 0.911. The number of nitrogens with one attached hydrogen (secondary N) is 1. The maximum atomic E-state index is 3.62. The van der Waals surface area contributed by atoms with Crippen LogP contribution < -0.4 is 10.2 Å². The molecular formula is C16H24BrN3. The van der Waals surface area contributed by atoms with Crippen LogP contribution in [0, 0.1) is 0 Å². The zero-order valence-corrected chi connectivity index (χ0v) is 14.0. The molecule has 0 aromatic heterocycles. The van der Waals surface area contributed by atoms with Crippen molar-refractivity contribution in [3.05, 3.63) is 28.2 Å². The second-order valence-electron chi connectivity index (χ2n) is 5.97. The van der Waals surface area contributed by atoms with Crippen LogP contribution in [0.15, 0.2) is 22.7 Å². The predicted molar refractivity (Wildman–Crippen MR) is 88.4 cm³/mol. The molecule has 0 bridgehead atoms. The predicted octanol–water partition coefficient (Wildman–Crippen LogP) is 3.01. The number of nitrogens with zero attached hydrogens (tertiary/aromatic N) is 2. The van der Waals surface area contributed by atoms with Crippen molar-refractivity contribution in [1.82, 2.24) is 10.2 Å². The highest BCUT2D eigenvalue weighted by Crippen LogP contribution is 2.32. The van der Waals surface area contributed by atoms with Crippen LogP contribution in [-0.2, 0) is 0 Å². The van der Waals surface area contributed by atoms with Gasteiger partial charge in [0.1, 0.15) is 0 Å². The van der Waals surface area contributed by atoms with Gasteiger partial charge in [0, 0.05) is 48.4 Å². The van der Waals surface area contributed by atoms with E-state index in [1.165, 1.54) is 41.7 Å². The maximum absolute atomic E-state index is 3.62. The highest BCUT2D eigenvalue weighted by molar-refractivity contribution is 9.10. The van der Waals surface area contributed by atoms with E-state index >= 15 is 0 Å². The van der Waals surface area contributed by atoms with E-state index in [9.17, 15) is 0 Å². The molecule has 2 fully saturated rings. The van der Waals surface area contributed by atoms with Gasteiger partial charge in [-0.05, 0) is 44.5 Å². The van der Waals surface area contributed by atoms with Gasteiger partial charge in [0.15, 0.2) is 0 Å². The normalized spacial score (nSPS) is 22.1. The topological polar surface area (TPSA) is 18.5 Å². The number of hydrogen-bond acceptors (Lipinski definition) is 3. The zero-order chi connectivity index (χ0) is 14.1. The molecule has 1 heterocycles. The average molecular weight is 338 g/mol. The third kappa shape index (κ3) is 3.02. The maximum Gasteiger partial charge on any atom is 0.0426 e. The molecule has 1 aromatic rings. The summed E-state index contributed by atoms with van der Waals surface area (Å²) >= 11 is 3.62. The zero-order valence-electron chi connectivity index (χ0n) is 12.4. The van der Waals surface area contributed by atoms with Gasteiger partial charge in [-0.15, -0.1) is 0 Å². The fraction of sp³-hybridized carbons (Fsp3) is 0.625. The number of rotatable bonds is 4. The van der Waals surface area contributed by atoms with E-state index in [1.807, 2.05) is 7.05 Å². The van der Waals surface area contributed by atoms with Gasteiger partial charge in [-0.2, -0.15) is 0 Å². The number of hydrogen-bond donors (Lipinski definition) is 1. The number of benzene rings is 1. The summed E-state index contributed by atoms with van der Waals surface area (Å²) in [5.74, 6) is 0. The van der Waals surface area contributed by atoms with Crippen LogP contribution in [0.1, 0.15) is 31.4 Å². The van der Waals surface area contributed by atoms with E-state index in [2.05, 4.69) is 56.2 Å². The lowest BCUT2D eigenvalue weighted by molar-refractivity contribution is 0.248. The first kappa shape index (κ1) is 14.4. The lowest BCUT2D eigenvalue weighted by Crippen LogP contribution is -2.47. The summed E-state index contributed by atoms with van der Waals surface area (Å²) in [6.07, 6.45) is 2.83. The van der Waals surface area contributed by atoms with Gasteiger partial charge in [-0.25, -0.2) is 0 Å². The highest BCUT2D eigenvalue weighted by atomic mass is 79.9. The van der Waals surface area contributed by atoms with Gasteiger partial charge < -0.3 is 10.2 Å². The number of halogens is 1. The fourth-order valence-electron chi connectivity index (χ4n) is 3.08. The molecule has 4 heteroatoms. The Morgan fingerprint density at radius 1 is 1.20 bits per heavy atom. The van der Waals surface area contributed by atoms with Crippen LogP contribution in [0.4, 0.5) is 5.69 Å². The van der Waals surface area contributed by atoms with Crippen molar-refractivity contribution in [2.45, 2.75) is 31.8 Å². The number of anilines is 1. The summed E-state index contributed by atoms with van der Waals surface area (Å²) in [7, 11) is 2.03. The molecule has 1 saturated heterocycles. The molecule has 0 amide bonds. The molecule has 20 heavy (non-hydrogen) atoms.